The molecule has 0 saturated heterocycles. The molecular formula is C10H9BrClIO2. The summed E-state index contributed by atoms with van der Waals surface area (Å²) in [6, 6.07) is 5.19. The lowest BCUT2D eigenvalue weighted by atomic mass is 10.1. The van der Waals surface area contributed by atoms with Crippen LogP contribution in [-0.2, 0) is 9.16 Å². The van der Waals surface area contributed by atoms with Crippen molar-refractivity contribution in [2.24, 2.45) is 0 Å². The second-order valence-corrected chi connectivity index (χ2v) is 4.75. The molecule has 2 nitrogen and oxygen atoms in total. The van der Waals surface area contributed by atoms with Gasteiger partial charge in [-0.15, -0.1) is 0 Å². The zero-order valence-corrected chi connectivity index (χ0v) is 12.3. The van der Waals surface area contributed by atoms with Crippen molar-refractivity contribution >= 4 is 56.1 Å². The van der Waals surface area contributed by atoms with Gasteiger partial charge < -0.3 is 4.74 Å². The van der Waals surface area contributed by atoms with Crippen LogP contribution >= 0.6 is 50.1 Å². The van der Waals surface area contributed by atoms with Crippen molar-refractivity contribution in [3.05, 3.63) is 34.3 Å². The van der Waals surface area contributed by atoms with Crippen LogP contribution in [0.15, 0.2) is 18.2 Å². The lowest BCUT2D eigenvalue weighted by molar-refractivity contribution is 0.0530. The molecule has 5 heteroatoms. The summed E-state index contributed by atoms with van der Waals surface area (Å²) in [5.74, 6) is -0.294. The quantitative estimate of drug-likeness (QED) is 0.434. The van der Waals surface area contributed by atoms with Crippen LogP contribution < -0.4 is 0 Å². The summed E-state index contributed by atoms with van der Waals surface area (Å²) in [4.78, 5) is 11.6. The molecule has 0 fully saturated rings. The van der Waals surface area contributed by atoms with E-state index in [2.05, 4.69) is 38.5 Å². The van der Waals surface area contributed by atoms with E-state index in [0.717, 1.165) is 9.99 Å². The highest BCUT2D eigenvalue weighted by Crippen LogP contribution is 2.19. The minimum atomic E-state index is -0.294. The van der Waals surface area contributed by atoms with Gasteiger partial charge in [-0.2, -0.15) is 0 Å². The fourth-order valence-corrected chi connectivity index (χ4v) is 2.07. The molecule has 0 amide bonds. The predicted molar refractivity (Wildman–Crippen MR) is 73.3 cm³/mol. The highest BCUT2D eigenvalue weighted by Gasteiger charge is 2.11. The van der Waals surface area contributed by atoms with Gasteiger partial charge in [0.15, 0.2) is 0 Å². The number of halogens is 3. The van der Waals surface area contributed by atoms with Gasteiger partial charge in [0.1, 0.15) is 6.61 Å². The van der Waals surface area contributed by atoms with Gasteiger partial charge in [-0.3, -0.25) is 0 Å². The van der Waals surface area contributed by atoms with Gasteiger partial charge in [0, 0.05) is 14.8 Å². The maximum Gasteiger partial charge on any atom is 0.338 e. The molecule has 1 rings (SSSR count). The van der Waals surface area contributed by atoms with Crippen LogP contribution in [0.3, 0.4) is 0 Å². The van der Waals surface area contributed by atoms with E-state index < -0.39 is 0 Å². The van der Waals surface area contributed by atoms with Crippen LogP contribution in [0.2, 0.25) is 5.02 Å². The number of carbonyl (C=O) groups is 1. The standard InChI is InChI=1S/C10H9BrClIO2/c11-3-4-15-10(14)9-2-1-8(12)5-7(9)6-13/h1-2,5H,3-4,6H2. The molecule has 0 aliphatic rings. The zero-order valence-electron chi connectivity index (χ0n) is 7.80. The van der Waals surface area contributed by atoms with Gasteiger partial charge in [-0.25, -0.2) is 4.79 Å². The van der Waals surface area contributed by atoms with E-state index in [4.69, 9.17) is 16.3 Å². The summed E-state index contributed by atoms with van der Waals surface area (Å²) in [6.45, 7) is 0.377. The van der Waals surface area contributed by atoms with Gasteiger partial charge in [0.25, 0.3) is 0 Å². The molecule has 0 atom stereocenters. The van der Waals surface area contributed by atoms with E-state index in [0.29, 0.717) is 22.5 Å². The van der Waals surface area contributed by atoms with Crippen molar-refractivity contribution in [1.82, 2.24) is 0 Å². The summed E-state index contributed by atoms with van der Waals surface area (Å²) >= 11 is 11.2. The smallest absolute Gasteiger partial charge is 0.338 e. The molecule has 15 heavy (non-hydrogen) atoms. The van der Waals surface area contributed by atoms with E-state index in [1.807, 2.05) is 0 Å². The van der Waals surface area contributed by atoms with E-state index in [1.165, 1.54) is 0 Å². The molecule has 0 radical (unpaired) electrons. The fourth-order valence-electron chi connectivity index (χ4n) is 1.08. The molecule has 82 valence electrons. The Morgan fingerprint density at radius 1 is 1.53 bits per heavy atom. The average molecular weight is 403 g/mol. The summed E-state index contributed by atoms with van der Waals surface area (Å²) in [7, 11) is 0. The van der Waals surface area contributed by atoms with Crippen LogP contribution in [0.4, 0.5) is 0 Å². The van der Waals surface area contributed by atoms with Gasteiger partial charge in [0.05, 0.1) is 5.56 Å². The zero-order chi connectivity index (χ0) is 11.3. The van der Waals surface area contributed by atoms with E-state index >= 15 is 0 Å². The lowest BCUT2D eigenvalue weighted by Gasteiger charge is -2.07. The molecule has 0 spiro atoms. The Morgan fingerprint density at radius 2 is 2.27 bits per heavy atom. The van der Waals surface area contributed by atoms with Crippen molar-refractivity contribution in [3.63, 3.8) is 0 Å². The predicted octanol–water partition coefficient (Wildman–Crippen LogP) is 3.83. The number of rotatable bonds is 4. The topological polar surface area (TPSA) is 26.3 Å². The molecule has 0 bridgehead atoms. The second kappa shape index (κ2) is 6.70. The second-order valence-electron chi connectivity index (χ2n) is 2.76. The Kier molecular flexibility index (Phi) is 5.92. The molecule has 0 aliphatic carbocycles. The van der Waals surface area contributed by atoms with Crippen molar-refractivity contribution in [3.8, 4) is 0 Å². The molecule has 0 heterocycles. The highest BCUT2D eigenvalue weighted by molar-refractivity contribution is 14.1. The van der Waals surface area contributed by atoms with Gasteiger partial charge in [-0.05, 0) is 23.8 Å². The Bertz CT molecular complexity index is 357. The first-order chi connectivity index (χ1) is 7.19. The first-order valence-electron chi connectivity index (χ1n) is 4.26. The van der Waals surface area contributed by atoms with Crippen molar-refractivity contribution < 1.29 is 9.53 Å². The third kappa shape index (κ3) is 3.92. The number of ether oxygens (including phenoxy) is 1. The van der Waals surface area contributed by atoms with E-state index in [9.17, 15) is 4.79 Å². The van der Waals surface area contributed by atoms with Crippen molar-refractivity contribution in [2.75, 3.05) is 11.9 Å². The van der Waals surface area contributed by atoms with Crippen molar-refractivity contribution in [2.45, 2.75) is 4.43 Å². The average Bonchev–Trinajstić information content (AvgIpc) is 2.25. The van der Waals surface area contributed by atoms with Crippen LogP contribution in [0, 0.1) is 0 Å². The minimum absolute atomic E-state index is 0.294. The molecule has 1 aromatic rings. The molecule has 0 unspecified atom stereocenters. The summed E-state index contributed by atoms with van der Waals surface area (Å²) in [5.41, 5.74) is 1.50. The lowest BCUT2D eigenvalue weighted by Crippen LogP contribution is -2.09. The Balaban J connectivity index is 2.87. The van der Waals surface area contributed by atoms with Crippen LogP contribution in [-0.4, -0.2) is 17.9 Å². The third-order valence-electron chi connectivity index (χ3n) is 1.74. The SMILES string of the molecule is O=C(OCCBr)c1ccc(Cl)cc1CI. The number of alkyl halides is 2. The number of esters is 1. The Labute approximate surface area is 116 Å². The van der Waals surface area contributed by atoms with Crippen LogP contribution in [0.5, 0.6) is 0 Å². The molecule has 1 aromatic carbocycles. The van der Waals surface area contributed by atoms with Gasteiger partial charge in [-0.1, -0.05) is 50.1 Å². The molecule has 0 aliphatic heterocycles. The molecule has 0 aromatic heterocycles. The van der Waals surface area contributed by atoms with Gasteiger partial charge in [0.2, 0.25) is 0 Å². The first kappa shape index (κ1) is 13.3. The molecule has 0 saturated carbocycles. The number of hydrogen-bond donors (Lipinski definition) is 0. The number of hydrogen-bond acceptors (Lipinski definition) is 2. The number of carbonyl (C=O) groups excluding carboxylic acids is 1. The minimum Gasteiger partial charge on any atom is -0.461 e. The fraction of sp³-hybridized carbons (Fsp3) is 0.300. The highest BCUT2D eigenvalue weighted by atomic mass is 127. The maximum absolute atomic E-state index is 11.6. The van der Waals surface area contributed by atoms with Crippen LogP contribution in [0.25, 0.3) is 0 Å². The Morgan fingerprint density at radius 3 is 2.87 bits per heavy atom. The third-order valence-corrected chi connectivity index (χ3v) is 3.12. The Hall–Kier alpha value is 0.190. The summed E-state index contributed by atoms with van der Waals surface area (Å²) in [6.07, 6.45) is 0. The van der Waals surface area contributed by atoms with Crippen molar-refractivity contribution in [1.29, 1.82) is 0 Å². The largest absolute Gasteiger partial charge is 0.461 e. The molecular weight excluding hydrogens is 394 g/mol. The monoisotopic (exact) mass is 402 g/mol. The van der Waals surface area contributed by atoms with E-state index in [-0.39, 0.29) is 5.97 Å². The summed E-state index contributed by atoms with van der Waals surface area (Å²) < 4.78 is 5.76. The maximum atomic E-state index is 11.6. The number of benzene rings is 1. The van der Waals surface area contributed by atoms with Gasteiger partial charge >= 0.3 is 5.97 Å². The molecule has 0 N–H and O–H groups in total. The van der Waals surface area contributed by atoms with E-state index in [1.54, 1.807) is 18.2 Å². The van der Waals surface area contributed by atoms with Crippen LogP contribution in [0.1, 0.15) is 15.9 Å². The first-order valence-corrected chi connectivity index (χ1v) is 7.29. The summed E-state index contributed by atoms with van der Waals surface area (Å²) in [5, 5.41) is 1.28. The normalized spacial score (nSPS) is 10.1.